The van der Waals surface area contributed by atoms with Crippen molar-refractivity contribution in [1.29, 1.82) is 0 Å². The molecular weight excluding hydrogens is 353 g/mol. The summed E-state index contributed by atoms with van der Waals surface area (Å²) in [6.45, 7) is 0. The smallest absolute Gasteiger partial charge is 0.479 e. The number of ether oxygens (including phenoxy) is 1. The van der Waals surface area contributed by atoms with Crippen LogP contribution >= 0.6 is 11.8 Å². The fourth-order valence-electron chi connectivity index (χ4n) is 1.53. The molecule has 5 nitrogen and oxygen atoms in total. The van der Waals surface area contributed by atoms with Crippen molar-refractivity contribution in [3.05, 3.63) is 42.5 Å². The highest BCUT2D eigenvalue weighted by Gasteiger charge is 2.46. The maximum Gasteiger partial charge on any atom is 0.516 e. The Balaban J connectivity index is 2.27. The van der Waals surface area contributed by atoms with Crippen molar-refractivity contribution in [3.8, 4) is 5.88 Å². The molecule has 2 aromatic rings. The summed E-state index contributed by atoms with van der Waals surface area (Å²) in [6, 6.07) is 11.7. The largest absolute Gasteiger partial charge is 0.516 e. The van der Waals surface area contributed by atoms with E-state index in [-0.39, 0.29) is 11.6 Å². The van der Waals surface area contributed by atoms with E-state index in [1.165, 1.54) is 35.7 Å². The van der Waals surface area contributed by atoms with E-state index in [2.05, 4.69) is 4.98 Å². The summed E-state index contributed by atoms with van der Waals surface area (Å²) >= 11 is 1.26. The Morgan fingerprint density at radius 1 is 1.13 bits per heavy atom. The Labute approximate surface area is 134 Å². The molecule has 0 saturated carbocycles. The lowest BCUT2D eigenvalue weighted by Gasteiger charge is -2.13. The van der Waals surface area contributed by atoms with Crippen LogP contribution in [-0.4, -0.2) is 26.0 Å². The summed E-state index contributed by atoms with van der Waals surface area (Å²) < 4.78 is 65.8. The van der Waals surface area contributed by atoms with Crippen LogP contribution in [0.5, 0.6) is 5.88 Å². The summed E-state index contributed by atoms with van der Waals surface area (Å²) in [7, 11) is -4.35. The first-order chi connectivity index (χ1) is 10.7. The second-order valence-electron chi connectivity index (χ2n) is 4.17. The topological polar surface area (TPSA) is 68.3 Å². The Morgan fingerprint density at radius 2 is 1.78 bits per heavy atom. The number of halogens is 3. The van der Waals surface area contributed by atoms with Crippen LogP contribution in [0.25, 0.3) is 0 Å². The Kier molecular flexibility index (Phi) is 5.05. The molecule has 2 rings (SSSR count). The second kappa shape index (κ2) is 6.67. The summed E-state index contributed by atoms with van der Waals surface area (Å²) in [6.07, 6.45) is 0. The molecule has 0 bridgehead atoms. The Bertz CT molecular complexity index is 781. The minimum atomic E-state index is -5.53. The zero-order chi connectivity index (χ0) is 17.1. The minimum Gasteiger partial charge on any atom is -0.479 e. The van der Waals surface area contributed by atoms with E-state index in [0.717, 1.165) is 4.90 Å². The number of nitrogens with zero attached hydrogens (tertiary/aromatic N) is 1. The van der Waals surface area contributed by atoms with Gasteiger partial charge in [-0.05, 0) is 24.3 Å². The van der Waals surface area contributed by atoms with Crippen molar-refractivity contribution in [2.75, 3.05) is 11.8 Å². The first-order valence-electron chi connectivity index (χ1n) is 6.10. The number of rotatable bonds is 5. The third-order valence-corrected chi connectivity index (χ3v) is 4.59. The molecule has 1 aromatic carbocycles. The molecule has 124 valence electrons. The molecule has 1 heterocycles. The second-order valence-corrected chi connectivity index (χ2v) is 6.94. The van der Waals surface area contributed by atoms with E-state index >= 15 is 0 Å². The molecule has 0 fully saturated rings. The number of anilines is 1. The highest BCUT2D eigenvalue weighted by atomic mass is 32.2. The van der Waals surface area contributed by atoms with Gasteiger partial charge in [0.1, 0.15) is 10.7 Å². The Hall–Kier alpha value is -1.94. The van der Waals surface area contributed by atoms with Crippen molar-refractivity contribution < 1.29 is 26.3 Å². The number of pyridine rings is 1. The fraction of sp³-hybridized carbons (Fsp3) is 0.154. The van der Waals surface area contributed by atoms with Gasteiger partial charge in [-0.15, -0.1) is 0 Å². The average Bonchev–Trinajstić information content (AvgIpc) is 2.48. The van der Waals surface area contributed by atoms with Gasteiger partial charge in [0.05, 0.1) is 7.11 Å². The lowest BCUT2D eigenvalue weighted by molar-refractivity contribution is -0.0429. The Morgan fingerprint density at radius 3 is 2.35 bits per heavy atom. The summed E-state index contributed by atoms with van der Waals surface area (Å²) in [5.41, 5.74) is -5.81. The number of methoxy groups -OCH3 is 1. The van der Waals surface area contributed by atoms with Gasteiger partial charge >= 0.3 is 15.5 Å². The molecule has 1 aromatic heterocycles. The summed E-state index contributed by atoms with van der Waals surface area (Å²) in [5, 5.41) is 0.447. The van der Waals surface area contributed by atoms with E-state index in [0.29, 0.717) is 5.03 Å². The molecule has 0 aliphatic carbocycles. The lowest BCUT2D eigenvalue weighted by atomic mass is 10.4. The van der Waals surface area contributed by atoms with Crippen molar-refractivity contribution in [1.82, 2.24) is 4.98 Å². The predicted octanol–water partition coefficient (Wildman–Crippen LogP) is 3.50. The summed E-state index contributed by atoms with van der Waals surface area (Å²) in [5.74, 6) is -0.251. The van der Waals surface area contributed by atoms with Gasteiger partial charge in [0.2, 0.25) is 5.88 Å². The van der Waals surface area contributed by atoms with E-state index < -0.39 is 15.5 Å². The number of sulfonamides is 1. The standard InChI is InChI=1S/C13H11F3N2O3S2/c1-21-12-10(18-23(19,20)13(14,15)16)7-8-11(17-12)22-9-5-3-2-4-6-9/h2-8,18H,1H3. The SMILES string of the molecule is COc1nc(Sc2ccccc2)ccc1NS(=O)(=O)C(F)(F)F. The van der Waals surface area contributed by atoms with Gasteiger partial charge < -0.3 is 4.74 Å². The van der Waals surface area contributed by atoms with Crippen molar-refractivity contribution in [3.63, 3.8) is 0 Å². The first kappa shape index (κ1) is 17.4. The quantitative estimate of drug-likeness (QED) is 0.879. The van der Waals surface area contributed by atoms with Crippen LogP contribution in [0.2, 0.25) is 0 Å². The molecular formula is C13H11F3N2O3S2. The van der Waals surface area contributed by atoms with Crippen molar-refractivity contribution in [2.24, 2.45) is 0 Å². The van der Waals surface area contributed by atoms with Gasteiger partial charge in [-0.2, -0.15) is 21.6 Å². The molecule has 1 N–H and O–H groups in total. The number of aromatic nitrogens is 1. The maximum absolute atomic E-state index is 12.4. The highest BCUT2D eigenvalue weighted by Crippen LogP contribution is 2.33. The molecule has 0 atom stereocenters. The fourth-order valence-corrected chi connectivity index (χ4v) is 2.89. The molecule has 0 unspecified atom stereocenters. The summed E-state index contributed by atoms with van der Waals surface area (Å²) in [4.78, 5) is 4.87. The minimum absolute atomic E-state index is 0.251. The van der Waals surface area contributed by atoms with Crippen LogP contribution in [0.3, 0.4) is 0 Å². The van der Waals surface area contributed by atoms with Crippen LogP contribution in [0.1, 0.15) is 0 Å². The van der Waals surface area contributed by atoms with Gasteiger partial charge in [-0.3, -0.25) is 4.72 Å². The molecule has 0 amide bonds. The first-order valence-corrected chi connectivity index (χ1v) is 8.40. The maximum atomic E-state index is 12.4. The van der Waals surface area contributed by atoms with Crippen LogP contribution in [0.15, 0.2) is 52.4 Å². The van der Waals surface area contributed by atoms with Gasteiger partial charge in [-0.1, -0.05) is 30.0 Å². The number of nitrogens with one attached hydrogen (secondary N) is 1. The average molecular weight is 364 g/mol. The third kappa shape index (κ3) is 4.29. The van der Waals surface area contributed by atoms with Crippen LogP contribution in [-0.2, 0) is 10.0 Å². The van der Waals surface area contributed by atoms with Crippen LogP contribution in [0, 0.1) is 0 Å². The van der Waals surface area contributed by atoms with E-state index in [1.54, 1.807) is 0 Å². The molecule has 0 radical (unpaired) electrons. The predicted molar refractivity (Wildman–Crippen MR) is 80.0 cm³/mol. The zero-order valence-corrected chi connectivity index (χ0v) is 13.3. The van der Waals surface area contributed by atoms with Gasteiger partial charge in [0.15, 0.2) is 0 Å². The molecule has 0 aliphatic heterocycles. The van der Waals surface area contributed by atoms with Gasteiger partial charge in [0.25, 0.3) is 0 Å². The zero-order valence-electron chi connectivity index (χ0n) is 11.7. The molecule has 0 saturated heterocycles. The van der Waals surface area contributed by atoms with E-state index in [4.69, 9.17) is 4.74 Å². The van der Waals surface area contributed by atoms with Crippen LogP contribution in [0.4, 0.5) is 18.9 Å². The normalized spacial score (nSPS) is 12.0. The lowest BCUT2D eigenvalue weighted by Crippen LogP contribution is -2.30. The number of alkyl halides is 3. The molecule has 10 heteroatoms. The monoisotopic (exact) mass is 364 g/mol. The van der Waals surface area contributed by atoms with E-state index in [1.807, 2.05) is 30.3 Å². The molecule has 0 spiro atoms. The van der Waals surface area contributed by atoms with Crippen LogP contribution < -0.4 is 9.46 Å². The molecule has 23 heavy (non-hydrogen) atoms. The van der Waals surface area contributed by atoms with Gasteiger partial charge in [-0.25, -0.2) is 4.98 Å². The highest BCUT2D eigenvalue weighted by molar-refractivity contribution is 7.99. The number of hydrogen-bond donors (Lipinski definition) is 1. The third-order valence-electron chi connectivity index (χ3n) is 2.54. The number of benzene rings is 1. The number of hydrogen-bond acceptors (Lipinski definition) is 5. The van der Waals surface area contributed by atoms with Gasteiger partial charge in [0, 0.05) is 4.90 Å². The van der Waals surface area contributed by atoms with Crippen molar-refractivity contribution in [2.45, 2.75) is 15.4 Å². The van der Waals surface area contributed by atoms with E-state index in [9.17, 15) is 21.6 Å². The van der Waals surface area contributed by atoms with Crippen molar-refractivity contribution >= 4 is 27.5 Å². The molecule has 0 aliphatic rings.